The Balaban J connectivity index is 1.66. The molecule has 0 radical (unpaired) electrons. The molecule has 1 N–H and O–H groups in total. The van der Waals surface area contributed by atoms with E-state index < -0.39 is 5.91 Å². The highest BCUT2D eigenvalue weighted by molar-refractivity contribution is 5.93. The van der Waals surface area contributed by atoms with Crippen molar-refractivity contribution in [3.8, 4) is 17.5 Å². The molecule has 2 heterocycles. The summed E-state index contributed by atoms with van der Waals surface area (Å²) in [5, 5.41) is 3.24. The Kier molecular flexibility index (Phi) is 6.02. The van der Waals surface area contributed by atoms with E-state index in [0.717, 1.165) is 22.4 Å². The first kappa shape index (κ1) is 21.6. The number of methoxy groups -OCH3 is 1. The third kappa shape index (κ3) is 4.51. The van der Waals surface area contributed by atoms with E-state index >= 15 is 0 Å². The number of nitroso groups, excluding NO2 is 1. The number of carbonyl (C=O) groups excluding carboxylic acids is 1. The summed E-state index contributed by atoms with van der Waals surface area (Å²) in [5.74, 6) is 1.51. The van der Waals surface area contributed by atoms with Crippen LogP contribution in [0.25, 0.3) is 10.9 Å². The van der Waals surface area contributed by atoms with Crippen molar-refractivity contribution in [2.45, 2.75) is 6.92 Å². The predicted molar refractivity (Wildman–Crippen MR) is 121 cm³/mol. The molecule has 4 rings (SSSR count). The normalized spacial score (nSPS) is 10.5. The van der Waals surface area contributed by atoms with Gasteiger partial charge in [0.05, 0.1) is 23.5 Å². The van der Waals surface area contributed by atoms with Crippen molar-refractivity contribution in [2.75, 3.05) is 19.1 Å². The Morgan fingerprint density at radius 2 is 1.82 bits per heavy atom. The third-order valence-corrected chi connectivity index (χ3v) is 4.79. The number of fused-ring (bicyclic) bond motifs is 1. The fourth-order valence-corrected chi connectivity index (χ4v) is 3.20. The van der Waals surface area contributed by atoms with Gasteiger partial charge in [0.25, 0.3) is 5.91 Å². The third-order valence-electron chi connectivity index (χ3n) is 4.79. The minimum Gasteiger partial charge on any atom is -0.493 e. The number of carbonyl (C=O) groups is 1. The topological polar surface area (TPSA) is 132 Å². The molecule has 0 aliphatic heterocycles. The van der Waals surface area contributed by atoms with E-state index in [0.29, 0.717) is 17.3 Å². The van der Waals surface area contributed by atoms with Gasteiger partial charge in [-0.15, -0.1) is 4.91 Å². The first-order chi connectivity index (χ1) is 16.0. The van der Waals surface area contributed by atoms with Crippen molar-refractivity contribution < 1.29 is 14.3 Å². The molecule has 0 atom stereocenters. The zero-order chi connectivity index (χ0) is 23.4. The fraction of sp³-hybridized carbons (Fsp3) is 0.136. The van der Waals surface area contributed by atoms with E-state index in [1.54, 1.807) is 17.6 Å². The molecule has 11 nitrogen and oxygen atoms in total. The van der Waals surface area contributed by atoms with Gasteiger partial charge >= 0.3 is 6.01 Å². The van der Waals surface area contributed by atoms with E-state index in [-0.39, 0.29) is 11.6 Å². The summed E-state index contributed by atoms with van der Waals surface area (Å²) in [7, 11) is 3.42. The van der Waals surface area contributed by atoms with Crippen LogP contribution in [0.15, 0.2) is 60.1 Å². The molecule has 33 heavy (non-hydrogen) atoms. The molecule has 0 aliphatic rings. The number of amides is 1. The number of nitrogens with zero attached hydrogens (tertiary/aromatic N) is 6. The van der Waals surface area contributed by atoms with E-state index in [1.807, 2.05) is 49.2 Å². The second kappa shape index (κ2) is 9.22. The highest BCUT2D eigenvalue weighted by atomic mass is 16.5. The number of hydrogen-bond donors (Lipinski definition) is 1. The van der Waals surface area contributed by atoms with Crippen LogP contribution in [0, 0.1) is 11.8 Å². The molecule has 4 aromatic rings. The summed E-state index contributed by atoms with van der Waals surface area (Å²) in [6.45, 7) is 1.85. The van der Waals surface area contributed by atoms with E-state index in [1.165, 1.54) is 19.5 Å². The molecule has 0 bridgehead atoms. The van der Waals surface area contributed by atoms with Gasteiger partial charge in [0.2, 0.25) is 0 Å². The number of rotatable bonds is 7. The molecule has 166 valence electrons. The number of ether oxygens (including phenoxy) is 2. The Bertz CT molecular complexity index is 1330. The molecule has 0 fully saturated rings. The van der Waals surface area contributed by atoms with E-state index in [9.17, 15) is 9.70 Å². The number of para-hydroxylation sites is 1. The second-order valence-electron chi connectivity index (χ2n) is 6.89. The van der Waals surface area contributed by atoms with Crippen LogP contribution in [0.3, 0.4) is 0 Å². The largest absolute Gasteiger partial charge is 0.493 e. The van der Waals surface area contributed by atoms with Gasteiger partial charge in [-0.05, 0) is 31.2 Å². The van der Waals surface area contributed by atoms with Crippen molar-refractivity contribution in [3.63, 3.8) is 0 Å². The minimum atomic E-state index is -0.717. The maximum absolute atomic E-state index is 11.6. The predicted octanol–water partition coefficient (Wildman–Crippen LogP) is 3.71. The highest BCUT2D eigenvalue weighted by Gasteiger charge is 2.16. The SMILES string of the molecule is COc1ccc(N(C)c2nc(C)nc3ccccc23)cc1Oc1ncc(C(=O)NN=O)cn1. The van der Waals surface area contributed by atoms with Crippen molar-refractivity contribution >= 4 is 28.3 Å². The molecular weight excluding hydrogens is 426 g/mol. The summed E-state index contributed by atoms with van der Waals surface area (Å²) in [4.78, 5) is 40.9. The van der Waals surface area contributed by atoms with Gasteiger partial charge in [-0.2, -0.15) is 0 Å². The number of aromatic nitrogens is 4. The Labute approximate surface area is 188 Å². The Hall–Kier alpha value is -4.67. The quantitative estimate of drug-likeness (QED) is 0.334. The van der Waals surface area contributed by atoms with Crippen LogP contribution in [0.1, 0.15) is 16.2 Å². The summed E-state index contributed by atoms with van der Waals surface area (Å²) >= 11 is 0. The van der Waals surface area contributed by atoms with Crippen molar-refractivity contribution in [2.24, 2.45) is 5.29 Å². The number of nitrogens with one attached hydrogen (secondary N) is 1. The van der Waals surface area contributed by atoms with Gasteiger partial charge in [-0.3, -0.25) is 4.79 Å². The summed E-state index contributed by atoms with van der Waals surface area (Å²) in [5.41, 5.74) is 3.46. The molecule has 0 saturated carbocycles. The molecular formula is C22H19N7O4. The number of anilines is 2. The molecule has 0 unspecified atom stereocenters. The van der Waals surface area contributed by atoms with Gasteiger partial charge < -0.3 is 14.4 Å². The van der Waals surface area contributed by atoms with Crippen molar-refractivity contribution in [3.05, 3.63) is 71.2 Å². The fourth-order valence-electron chi connectivity index (χ4n) is 3.20. The zero-order valence-corrected chi connectivity index (χ0v) is 18.0. The number of aryl methyl sites for hydroxylation is 1. The molecule has 1 amide bonds. The van der Waals surface area contributed by atoms with E-state index in [4.69, 9.17) is 9.47 Å². The van der Waals surface area contributed by atoms with Crippen LogP contribution >= 0.6 is 0 Å². The van der Waals surface area contributed by atoms with Crippen molar-refractivity contribution in [1.82, 2.24) is 25.4 Å². The van der Waals surface area contributed by atoms with Gasteiger partial charge in [0.15, 0.2) is 11.5 Å². The lowest BCUT2D eigenvalue weighted by molar-refractivity contribution is 0.0953. The van der Waals surface area contributed by atoms with Gasteiger partial charge in [-0.25, -0.2) is 25.4 Å². The van der Waals surface area contributed by atoms with E-state index in [2.05, 4.69) is 25.2 Å². The number of benzene rings is 2. The molecule has 11 heteroatoms. The highest BCUT2D eigenvalue weighted by Crippen LogP contribution is 2.37. The first-order valence-electron chi connectivity index (χ1n) is 9.78. The van der Waals surface area contributed by atoms with Gasteiger partial charge in [0.1, 0.15) is 11.6 Å². The molecule has 0 aliphatic carbocycles. The summed E-state index contributed by atoms with van der Waals surface area (Å²) < 4.78 is 11.2. The average Bonchev–Trinajstić information content (AvgIpc) is 2.83. The molecule has 2 aromatic heterocycles. The van der Waals surface area contributed by atoms with Crippen molar-refractivity contribution in [1.29, 1.82) is 0 Å². The maximum atomic E-state index is 11.6. The van der Waals surface area contributed by atoms with Crippen LogP contribution in [0.5, 0.6) is 17.5 Å². The number of hydrogen-bond acceptors (Lipinski definition) is 10. The van der Waals surface area contributed by atoms with Gasteiger partial charge in [-0.1, -0.05) is 12.1 Å². The lowest BCUT2D eigenvalue weighted by Gasteiger charge is -2.21. The van der Waals surface area contributed by atoms with Crippen LogP contribution in [-0.4, -0.2) is 40.0 Å². The van der Waals surface area contributed by atoms with Crippen LogP contribution in [0.2, 0.25) is 0 Å². The standard InChI is InChI=1S/C22H19N7O4/c1-13-25-17-7-5-4-6-16(17)20(26-13)29(2)15-8-9-18(32-3)19(10-15)33-22-23-11-14(12-24-22)21(30)27-28-31/h4-12H,1-3H3,(H,27,30,31). The lowest BCUT2D eigenvalue weighted by atomic mass is 10.2. The molecule has 0 spiro atoms. The second-order valence-corrected chi connectivity index (χ2v) is 6.89. The lowest BCUT2D eigenvalue weighted by Crippen LogP contribution is -2.16. The molecule has 2 aromatic carbocycles. The van der Waals surface area contributed by atoms with Crippen LogP contribution in [-0.2, 0) is 0 Å². The van der Waals surface area contributed by atoms with Crippen LogP contribution < -0.4 is 19.8 Å². The minimum absolute atomic E-state index is 0.00737. The van der Waals surface area contributed by atoms with Gasteiger partial charge in [0, 0.05) is 36.6 Å². The first-order valence-corrected chi connectivity index (χ1v) is 9.78. The summed E-state index contributed by atoms with van der Waals surface area (Å²) in [6, 6.07) is 13.2. The van der Waals surface area contributed by atoms with Crippen LogP contribution in [0.4, 0.5) is 11.5 Å². The Morgan fingerprint density at radius 1 is 1.06 bits per heavy atom. The smallest absolute Gasteiger partial charge is 0.322 e. The zero-order valence-electron chi connectivity index (χ0n) is 18.0. The summed E-state index contributed by atoms with van der Waals surface area (Å²) in [6.07, 6.45) is 2.45. The Morgan fingerprint density at radius 3 is 2.55 bits per heavy atom. The molecule has 0 saturated heterocycles. The maximum Gasteiger partial charge on any atom is 0.322 e. The monoisotopic (exact) mass is 445 g/mol. The average molecular weight is 445 g/mol.